The highest BCUT2D eigenvalue weighted by Crippen LogP contribution is 2.67. The van der Waals surface area contributed by atoms with Gasteiger partial charge in [-0.1, -0.05) is 108 Å². The van der Waals surface area contributed by atoms with Crippen molar-refractivity contribution in [2.24, 2.45) is 5.92 Å². The summed E-state index contributed by atoms with van der Waals surface area (Å²) in [4.78, 5) is 80.1. The molecule has 5 heterocycles. The van der Waals surface area contributed by atoms with Crippen LogP contribution in [-0.4, -0.2) is 99.4 Å². The lowest BCUT2D eigenvalue weighted by Gasteiger charge is -2.46. The summed E-state index contributed by atoms with van der Waals surface area (Å²) >= 11 is 0. The van der Waals surface area contributed by atoms with Gasteiger partial charge in [-0.05, 0) is 95.1 Å². The van der Waals surface area contributed by atoms with Crippen LogP contribution in [0.1, 0.15) is 51.6 Å². The van der Waals surface area contributed by atoms with Crippen molar-refractivity contribution in [3.63, 3.8) is 0 Å². The number of cyclic esters (lactones) is 1. The van der Waals surface area contributed by atoms with Gasteiger partial charge in [0.1, 0.15) is 48.6 Å². The number of amides is 3. The summed E-state index contributed by atoms with van der Waals surface area (Å²) in [5, 5.41) is 33.5. The van der Waals surface area contributed by atoms with E-state index in [1.807, 2.05) is 102 Å². The van der Waals surface area contributed by atoms with Crippen LogP contribution in [-0.2, 0) is 47.2 Å². The molecule has 0 radical (unpaired) electrons. The van der Waals surface area contributed by atoms with Gasteiger partial charge in [0.2, 0.25) is 11.8 Å². The Morgan fingerprint density at radius 2 is 1.52 bits per heavy atom. The largest absolute Gasteiger partial charge is 0.491 e. The van der Waals surface area contributed by atoms with Crippen molar-refractivity contribution in [1.82, 2.24) is 19.9 Å². The molecule has 3 fully saturated rings. The van der Waals surface area contributed by atoms with E-state index in [-0.39, 0.29) is 42.4 Å². The molecule has 0 bridgehead atoms. The maximum absolute atomic E-state index is 16.9. The quantitative estimate of drug-likeness (QED) is 0.0480. The van der Waals surface area contributed by atoms with Crippen molar-refractivity contribution in [2.75, 3.05) is 54.6 Å². The molecule has 7 aromatic carbocycles. The number of fused-ring (bicyclic) bond motifs is 4. The molecule has 19 heteroatoms. The summed E-state index contributed by atoms with van der Waals surface area (Å²) < 4.78 is 26.2. The molecule has 4 aliphatic heterocycles. The van der Waals surface area contributed by atoms with Crippen LogP contribution in [0.5, 0.6) is 5.75 Å². The molecule has 81 heavy (non-hydrogen) atoms. The molecule has 8 aromatic rings. The Kier molecular flexibility index (Phi) is 14.2. The number of nitro benzene ring substituents is 1. The smallest absolute Gasteiger partial charge is 0.421 e. The summed E-state index contributed by atoms with van der Waals surface area (Å²) in [7, 11) is 0. The second-order valence-corrected chi connectivity index (χ2v) is 19.9. The molecule has 6 atom stereocenters. The van der Waals surface area contributed by atoms with Gasteiger partial charge in [-0.3, -0.25) is 29.4 Å². The number of anilines is 3. The Morgan fingerprint density at radius 1 is 0.815 bits per heavy atom. The molecule has 1 spiro atoms. The van der Waals surface area contributed by atoms with Crippen molar-refractivity contribution in [3.8, 4) is 17.6 Å². The number of para-hydroxylation sites is 2. The summed E-state index contributed by atoms with van der Waals surface area (Å²) in [5.41, 5.74) is 3.00. The Hall–Kier alpha value is -9.74. The van der Waals surface area contributed by atoms with Crippen LogP contribution in [0.15, 0.2) is 176 Å². The molecule has 3 saturated heterocycles. The van der Waals surface area contributed by atoms with Gasteiger partial charge in [0, 0.05) is 47.7 Å². The number of nitro groups is 1. The van der Waals surface area contributed by atoms with Crippen molar-refractivity contribution in [1.29, 1.82) is 0 Å². The van der Waals surface area contributed by atoms with Crippen LogP contribution < -0.4 is 19.9 Å². The van der Waals surface area contributed by atoms with Crippen molar-refractivity contribution < 1.29 is 48.2 Å². The number of carbonyl (C=O) groups excluding carboxylic acids is 4. The zero-order valence-electron chi connectivity index (χ0n) is 43.4. The van der Waals surface area contributed by atoms with E-state index in [1.165, 1.54) is 24.3 Å². The van der Waals surface area contributed by atoms with Gasteiger partial charge < -0.3 is 34.3 Å². The molecule has 2 N–H and O–H groups in total. The summed E-state index contributed by atoms with van der Waals surface area (Å²) in [6, 6.07) is 46.9. The highest BCUT2D eigenvalue weighted by molar-refractivity contribution is 6.24. The first kappa shape index (κ1) is 52.0. The molecule has 3 amide bonds. The van der Waals surface area contributed by atoms with E-state index >= 15 is 19.2 Å². The van der Waals surface area contributed by atoms with E-state index in [4.69, 9.17) is 18.9 Å². The van der Waals surface area contributed by atoms with Crippen LogP contribution in [0.4, 0.5) is 27.5 Å². The molecular formula is C62H52N8O11. The third-order valence-corrected chi connectivity index (χ3v) is 15.4. The number of hydrogen-bond acceptors (Lipinski definition) is 15. The number of esters is 1. The second-order valence-electron chi connectivity index (χ2n) is 19.9. The monoisotopic (exact) mass is 1080 g/mol. The van der Waals surface area contributed by atoms with E-state index in [1.54, 1.807) is 59.3 Å². The average Bonchev–Trinajstić information content (AvgIpc) is 4.08. The van der Waals surface area contributed by atoms with Crippen LogP contribution in [0.2, 0.25) is 0 Å². The predicted molar refractivity (Wildman–Crippen MR) is 297 cm³/mol. The number of aliphatic hydroxyl groups is 1. The fourth-order valence-electron chi connectivity index (χ4n) is 11.9. The topological polar surface area (TPSA) is 221 Å². The van der Waals surface area contributed by atoms with Gasteiger partial charge in [-0.2, -0.15) is 0 Å². The van der Waals surface area contributed by atoms with Gasteiger partial charge in [0.15, 0.2) is 0 Å². The molecule has 0 saturated carbocycles. The van der Waals surface area contributed by atoms with Gasteiger partial charge in [0.05, 0.1) is 53.9 Å². The molecule has 0 aliphatic carbocycles. The number of hydrogen-bond donors (Lipinski definition) is 2. The van der Waals surface area contributed by atoms with Gasteiger partial charge >= 0.3 is 12.1 Å². The lowest BCUT2D eigenvalue weighted by atomic mass is 9.65. The molecule has 6 unspecified atom stereocenters. The first-order valence-corrected chi connectivity index (χ1v) is 26.4. The van der Waals surface area contributed by atoms with E-state index in [0.29, 0.717) is 65.3 Å². The Bertz CT molecular complexity index is 3750. The van der Waals surface area contributed by atoms with Crippen LogP contribution in [0, 0.1) is 27.9 Å². The van der Waals surface area contributed by atoms with Gasteiger partial charge in [0.25, 0.3) is 5.69 Å². The first-order chi connectivity index (χ1) is 39.6. The average molecular weight is 1090 g/mol. The van der Waals surface area contributed by atoms with Crippen LogP contribution in [0.25, 0.3) is 11.0 Å². The van der Waals surface area contributed by atoms with Crippen LogP contribution >= 0.6 is 0 Å². The molecule has 12 rings (SSSR count). The second kappa shape index (κ2) is 22.2. The highest BCUT2D eigenvalue weighted by Gasteiger charge is 2.76. The third-order valence-electron chi connectivity index (χ3n) is 15.4. The zero-order valence-corrected chi connectivity index (χ0v) is 43.4. The number of aromatic nitrogens is 3. The molecule has 19 nitrogen and oxygen atoms in total. The molecule has 1 aromatic heterocycles. The van der Waals surface area contributed by atoms with E-state index < -0.39 is 71.0 Å². The zero-order chi connectivity index (χ0) is 55.6. The van der Waals surface area contributed by atoms with Gasteiger partial charge in [-0.25, -0.2) is 14.4 Å². The maximum atomic E-state index is 16.9. The number of aliphatic hydroxyl groups excluding tert-OH is 1. The number of nitrogens with zero attached hydrogens (tertiary/aromatic N) is 7. The molecule has 406 valence electrons. The Balaban J connectivity index is 1.09. The minimum Gasteiger partial charge on any atom is -0.491 e. The first-order valence-electron chi connectivity index (χ1n) is 26.4. The third kappa shape index (κ3) is 9.54. The van der Waals surface area contributed by atoms with Gasteiger partial charge in [-0.15, -0.1) is 5.10 Å². The number of nitrogens with one attached hydrogen (secondary N) is 1. The van der Waals surface area contributed by atoms with E-state index in [0.717, 1.165) is 16.1 Å². The van der Waals surface area contributed by atoms with Crippen LogP contribution in [0.3, 0.4) is 0 Å². The summed E-state index contributed by atoms with van der Waals surface area (Å²) in [6.45, 7) is 1.66. The SMILES string of the molecule is O=C1OC(c2ccccc2)C(c2ccccc2)N2C1C(C(=O)Nc1ccc(N3CCOCC3)cc1)C1(C(=O)N(C(=O)OCc3ccc([N+](=O)[O-])cc3)c3ccc(C#CCn4nnc5ccccc54)cc31)C2c1ccccc1OCCO. The molecular weight excluding hydrogens is 1030 g/mol. The maximum Gasteiger partial charge on any atom is 0.421 e. The fraction of sp³-hybridized carbons (Fsp3) is 0.226. The minimum absolute atomic E-state index is 0.0528. The number of carbonyl (C=O) groups is 4. The lowest BCUT2D eigenvalue weighted by molar-refractivity contribution is -0.384. The summed E-state index contributed by atoms with van der Waals surface area (Å²) in [5.74, 6) is 2.55. The number of ether oxygens (including phenoxy) is 4. The number of non-ortho nitro benzene ring substituents is 1. The molecule has 4 aliphatic rings. The van der Waals surface area contributed by atoms with Crippen molar-refractivity contribution in [3.05, 3.63) is 219 Å². The predicted octanol–water partition coefficient (Wildman–Crippen LogP) is 8.24. The fourth-order valence-corrected chi connectivity index (χ4v) is 11.9. The standard InChI is InChI=1S/C62H52N8O11/c71-34-37-79-52-20-10-7-17-47(52)57-62(48-38-40(12-11-31-67-51-19-9-8-18-49(51)64-65-67)23-30-50(48)68(60(62)74)61(75)80-39-41-21-26-46(27-22-41)70(76)77)53(58(72)63-44-24-28-45(29-25-44)66-32-35-78-36-33-66)55-59(73)81-56(43-15-5-2-6-16-43)54(69(55)57)42-13-3-1-4-14-42/h1-10,13-30,38,53-57,71H,31-37,39H2,(H,63,72). The lowest BCUT2D eigenvalue weighted by Crippen LogP contribution is -2.54. The number of benzene rings is 7. The summed E-state index contributed by atoms with van der Waals surface area (Å²) in [6.07, 6.45) is -2.13. The van der Waals surface area contributed by atoms with Crippen molar-refractivity contribution >= 4 is 57.7 Å². The Labute approximate surface area is 464 Å². The number of imide groups is 1. The highest BCUT2D eigenvalue weighted by atomic mass is 16.6. The van der Waals surface area contributed by atoms with E-state index in [2.05, 4.69) is 32.4 Å². The number of morpholine rings is 2. The normalized spacial score (nSPS) is 21.2. The van der Waals surface area contributed by atoms with E-state index in [9.17, 15) is 15.2 Å². The number of rotatable bonds is 13. The van der Waals surface area contributed by atoms with Crippen molar-refractivity contribution in [2.45, 2.75) is 42.8 Å². The minimum atomic E-state index is -2.24. The Morgan fingerprint density at radius 3 is 2.26 bits per heavy atom.